The van der Waals surface area contributed by atoms with Gasteiger partial charge in [0.05, 0.1) is 28.6 Å². The molecule has 106 valence electrons. The lowest BCUT2D eigenvalue weighted by molar-refractivity contribution is -0.118. The Hall–Kier alpha value is -2.03. The van der Waals surface area contributed by atoms with Gasteiger partial charge in [-0.15, -0.1) is 11.8 Å². The molecule has 1 amide bonds. The van der Waals surface area contributed by atoms with Crippen molar-refractivity contribution < 1.29 is 4.79 Å². The molecule has 0 bridgehead atoms. The van der Waals surface area contributed by atoms with E-state index in [9.17, 15) is 4.79 Å². The van der Waals surface area contributed by atoms with Crippen LogP contribution in [0.25, 0.3) is 0 Å². The molecular weight excluding hydrogens is 306 g/mol. The molecule has 1 aromatic heterocycles. The second kappa shape index (κ2) is 7.67. The third kappa shape index (κ3) is 4.48. The van der Waals surface area contributed by atoms with Gasteiger partial charge in [0, 0.05) is 11.1 Å². The molecule has 0 aliphatic heterocycles. The van der Waals surface area contributed by atoms with Gasteiger partial charge in [0.25, 0.3) is 0 Å². The smallest absolute Gasteiger partial charge is 0.230 e. The lowest BCUT2D eigenvalue weighted by atomic mass is 10.2. The van der Waals surface area contributed by atoms with E-state index in [0.717, 1.165) is 5.69 Å². The van der Waals surface area contributed by atoms with Gasteiger partial charge in [0.15, 0.2) is 0 Å². The summed E-state index contributed by atoms with van der Waals surface area (Å²) in [6.45, 7) is 0.390. The van der Waals surface area contributed by atoms with Gasteiger partial charge in [0.1, 0.15) is 6.07 Å². The third-order valence-corrected chi connectivity index (χ3v) is 4.01. The molecule has 0 saturated carbocycles. The van der Waals surface area contributed by atoms with Crippen LogP contribution >= 0.6 is 23.4 Å². The fraction of sp³-hybridized carbons (Fsp3) is 0.133. The molecule has 6 heteroatoms. The van der Waals surface area contributed by atoms with Gasteiger partial charge >= 0.3 is 0 Å². The first kappa shape index (κ1) is 15.4. The lowest BCUT2D eigenvalue weighted by Crippen LogP contribution is -2.25. The van der Waals surface area contributed by atoms with Crippen molar-refractivity contribution in [1.82, 2.24) is 10.3 Å². The Balaban J connectivity index is 1.87. The van der Waals surface area contributed by atoms with Crippen LogP contribution in [-0.4, -0.2) is 16.6 Å². The molecule has 1 N–H and O–H groups in total. The topological polar surface area (TPSA) is 65.8 Å². The minimum atomic E-state index is -0.116. The number of pyridine rings is 1. The molecular formula is C15H12ClN3OS. The highest BCUT2D eigenvalue weighted by atomic mass is 35.5. The highest BCUT2D eigenvalue weighted by Crippen LogP contribution is 2.27. The fourth-order valence-corrected chi connectivity index (χ4v) is 2.76. The van der Waals surface area contributed by atoms with Gasteiger partial charge in [-0.3, -0.25) is 9.78 Å². The molecule has 0 unspecified atom stereocenters. The van der Waals surface area contributed by atoms with Crippen molar-refractivity contribution in [2.24, 2.45) is 0 Å². The van der Waals surface area contributed by atoms with Gasteiger partial charge < -0.3 is 5.32 Å². The van der Waals surface area contributed by atoms with E-state index in [1.807, 2.05) is 18.2 Å². The summed E-state index contributed by atoms with van der Waals surface area (Å²) in [5, 5.41) is 12.2. The first-order valence-electron chi connectivity index (χ1n) is 6.18. The van der Waals surface area contributed by atoms with Crippen molar-refractivity contribution in [2.45, 2.75) is 11.4 Å². The highest BCUT2D eigenvalue weighted by molar-refractivity contribution is 8.00. The quantitative estimate of drug-likeness (QED) is 0.861. The van der Waals surface area contributed by atoms with E-state index < -0.39 is 0 Å². The molecule has 21 heavy (non-hydrogen) atoms. The summed E-state index contributed by atoms with van der Waals surface area (Å²) < 4.78 is 0. The number of thioether (sulfide) groups is 1. The zero-order valence-corrected chi connectivity index (χ0v) is 12.6. The number of carbonyl (C=O) groups is 1. The molecule has 0 fully saturated rings. The van der Waals surface area contributed by atoms with Crippen LogP contribution in [0.3, 0.4) is 0 Å². The van der Waals surface area contributed by atoms with E-state index in [4.69, 9.17) is 16.9 Å². The number of carbonyl (C=O) groups excluding carboxylic acids is 1. The van der Waals surface area contributed by atoms with Gasteiger partial charge in [-0.25, -0.2) is 0 Å². The Labute approximate surface area is 132 Å². The summed E-state index contributed by atoms with van der Waals surface area (Å²) in [6.07, 6.45) is 1.68. The SMILES string of the molecule is N#Cc1c(Cl)cccc1SCC(=O)NCc1ccccn1. The van der Waals surface area contributed by atoms with Crippen LogP contribution < -0.4 is 5.32 Å². The number of nitrogens with one attached hydrogen (secondary N) is 1. The van der Waals surface area contributed by atoms with E-state index in [0.29, 0.717) is 22.0 Å². The summed E-state index contributed by atoms with van der Waals surface area (Å²) in [7, 11) is 0. The van der Waals surface area contributed by atoms with E-state index in [-0.39, 0.29) is 11.7 Å². The monoisotopic (exact) mass is 317 g/mol. The number of benzene rings is 1. The summed E-state index contributed by atoms with van der Waals surface area (Å²) in [5.41, 5.74) is 1.21. The molecule has 2 rings (SSSR count). The van der Waals surface area contributed by atoms with Crippen molar-refractivity contribution in [3.8, 4) is 6.07 Å². The standard InChI is InChI=1S/C15H12ClN3OS/c16-13-5-3-6-14(12(13)8-17)21-10-15(20)19-9-11-4-1-2-7-18-11/h1-7H,9-10H2,(H,19,20). The van der Waals surface area contributed by atoms with Crippen molar-refractivity contribution in [3.05, 3.63) is 58.9 Å². The average molecular weight is 318 g/mol. The Morgan fingerprint density at radius 3 is 2.90 bits per heavy atom. The van der Waals surface area contributed by atoms with Crippen LogP contribution in [0, 0.1) is 11.3 Å². The normalized spacial score (nSPS) is 9.90. The van der Waals surface area contributed by atoms with E-state index in [1.54, 1.807) is 24.4 Å². The number of aromatic nitrogens is 1. The second-order valence-electron chi connectivity index (χ2n) is 4.11. The minimum Gasteiger partial charge on any atom is -0.350 e. The maximum Gasteiger partial charge on any atom is 0.230 e. The molecule has 2 aromatic rings. The van der Waals surface area contributed by atoms with Crippen LogP contribution in [-0.2, 0) is 11.3 Å². The number of hydrogen-bond acceptors (Lipinski definition) is 4. The Morgan fingerprint density at radius 2 is 2.19 bits per heavy atom. The number of hydrogen-bond donors (Lipinski definition) is 1. The van der Waals surface area contributed by atoms with E-state index in [2.05, 4.69) is 16.4 Å². The van der Waals surface area contributed by atoms with E-state index >= 15 is 0 Å². The number of halogens is 1. The van der Waals surface area contributed by atoms with Crippen LogP contribution in [0.1, 0.15) is 11.3 Å². The Bertz CT molecular complexity index is 670. The predicted octanol–water partition coefficient (Wildman–Crippen LogP) is 3.02. The number of amides is 1. The Morgan fingerprint density at radius 1 is 1.33 bits per heavy atom. The average Bonchev–Trinajstić information content (AvgIpc) is 2.52. The van der Waals surface area contributed by atoms with Crippen LogP contribution in [0.15, 0.2) is 47.5 Å². The number of nitriles is 1. The molecule has 0 spiro atoms. The number of rotatable bonds is 5. The second-order valence-corrected chi connectivity index (χ2v) is 5.54. The van der Waals surface area contributed by atoms with Crippen LogP contribution in [0.5, 0.6) is 0 Å². The van der Waals surface area contributed by atoms with Gasteiger partial charge in [-0.1, -0.05) is 23.7 Å². The van der Waals surface area contributed by atoms with E-state index in [1.165, 1.54) is 11.8 Å². The largest absolute Gasteiger partial charge is 0.350 e. The number of nitrogens with zero attached hydrogens (tertiary/aromatic N) is 2. The molecule has 0 radical (unpaired) electrons. The summed E-state index contributed by atoms with van der Waals surface area (Å²) in [4.78, 5) is 16.6. The van der Waals surface area contributed by atoms with Crippen molar-refractivity contribution in [3.63, 3.8) is 0 Å². The van der Waals surface area contributed by atoms with Crippen molar-refractivity contribution in [2.75, 3.05) is 5.75 Å². The van der Waals surface area contributed by atoms with Gasteiger partial charge in [0.2, 0.25) is 5.91 Å². The highest BCUT2D eigenvalue weighted by Gasteiger charge is 2.09. The van der Waals surface area contributed by atoms with Gasteiger partial charge in [-0.05, 0) is 24.3 Å². The summed E-state index contributed by atoms with van der Waals surface area (Å²) in [6, 6.07) is 12.8. The lowest BCUT2D eigenvalue weighted by Gasteiger charge is -2.06. The third-order valence-electron chi connectivity index (χ3n) is 2.64. The van der Waals surface area contributed by atoms with Crippen molar-refractivity contribution in [1.29, 1.82) is 5.26 Å². The Kier molecular flexibility index (Phi) is 5.61. The summed E-state index contributed by atoms with van der Waals surface area (Å²) >= 11 is 7.23. The zero-order valence-electron chi connectivity index (χ0n) is 11.0. The molecule has 0 aliphatic carbocycles. The first-order chi connectivity index (χ1) is 10.2. The first-order valence-corrected chi connectivity index (χ1v) is 7.55. The summed E-state index contributed by atoms with van der Waals surface area (Å²) in [5.74, 6) is 0.108. The van der Waals surface area contributed by atoms with Crippen LogP contribution in [0.4, 0.5) is 0 Å². The van der Waals surface area contributed by atoms with Crippen molar-refractivity contribution >= 4 is 29.3 Å². The molecule has 1 heterocycles. The predicted molar refractivity (Wildman–Crippen MR) is 83.0 cm³/mol. The molecule has 0 aliphatic rings. The molecule has 1 aromatic carbocycles. The fourth-order valence-electron chi connectivity index (χ4n) is 1.62. The zero-order chi connectivity index (χ0) is 15.1. The van der Waals surface area contributed by atoms with Crippen LogP contribution in [0.2, 0.25) is 5.02 Å². The maximum absolute atomic E-state index is 11.8. The minimum absolute atomic E-state index is 0.116. The molecule has 0 saturated heterocycles. The molecule has 0 atom stereocenters. The van der Waals surface area contributed by atoms with Gasteiger partial charge in [-0.2, -0.15) is 5.26 Å². The molecule has 4 nitrogen and oxygen atoms in total. The maximum atomic E-state index is 11.8.